The van der Waals surface area contributed by atoms with E-state index in [0.29, 0.717) is 12.8 Å². The molecule has 0 aliphatic heterocycles. The van der Waals surface area contributed by atoms with Crippen LogP contribution in [0.3, 0.4) is 0 Å². The Labute approximate surface area is 342 Å². The van der Waals surface area contributed by atoms with Gasteiger partial charge < -0.3 is 25.7 Å². The van der Waals surface area contributed by atoms with Crippen molar-refractivity contribution < 1.29 is 25.2 Å². The molecule has 0 saturated carbocycles. The lowest BCUT2D eigenvalue weighted by molar-refractivity contribution is -0.132. The van der Waals surface area contributed by atoms with Gasteiger partial charge in [0.1, 0.15) is 12.2 Å². The fraction of sp³-hybridized carbons (Fsp3) is 0.939. The lowest BCUT2D eigenvalue weighted by atomic mass is 10.00. The molecule has 6 nitrogen and oxygen atoms in total. The van der Waals surface area contributed by atoms with Crippen LogP contribution in [0, 0.1) is 0 Å². The fourth-order valence-corrected chi connectivity index (χ4v) is 7.82. The number of unbranched alkanes of at least 4 members (excludes halogenated alkanes) is 34. The van der Waals surface area contributed by atoms with Gasteiger partial charge >= 0.3 is 0 Å². The molecular weight excluding hydrogens is 683 g/mol. The molecule has 1 amide bonds. The van der Waals surface area contributed by atoms with Gasteiger partial charge in [0, 0.05) is 0 Å². The van der Waals surface area contributed by atoms with Gasteiger partial charge in [0.2, 0.25) is 5.91 Å². The number of amides is 1. The van der Waals surface area contributed by atoms with Crippen molar-refractivity contribution in [2.45, 2.75) is 289 Å². The van der Waals surface area contributed by atoms with Crippen LogP contribution in [-0.4, -0.2) is 57.3 Å². The highest BCUT2D eigenvalue weighted by Gasteiger charge is 2.28. The standard InChI is InChI=1S/C49H97NO5/c1-3-5-7-9-11-13-15-16-17-18-19-20-21-22-23-24-25-26-27-28-29-30-31-33-35-37-39-41-43-47(53)49(55)50-45(44-51)48(54)46(52)42-40-38-36-34-32-14-12-10-8-6-4-2/h34,36,45-48,51-54H,3-33,35,37-44H2,1-2H3,(H,50,55)/b36-34+. The van der Waals surface area contributed by atoms with Gasteiger partial charge in [-0.3, -0.25) is 4.79 Å². The minimum Gasteiger partial charge on any atom is -0.394 e. The summed E-state index contributed by atoms with van der Waals surface area (Å²) in [5.41, 5.74) is 0. The molecule has 328 valence electrons. The number of carbonyl (C=O) groups is 1. The maximum atomic E-state index is 12.5. The van der Waals surface area contributed by atoms with Crippen molar-refractivity contribution in [3.63, 3.8) is 0 Å². The first-order valence-electron chi connectivity index (χ1n) is 24.6. The van der Waals surface area contributed by atoms with Crippen molar-refractivity contribution in [1.29, 1.82) is 0 Å². The summed E-state index contributed by atoms with van der Waals surface area (Å²) in [5, 5.41) is 43.6. The van der Waals surface area contributed by atoms with Crippen LogP contribution in [0.25, 0.3) is 0 Å². The fourth-order valence-electron chi connectivity index (χ4n) is 7.82. The molecule has 0 rings (SSSR count). The molecule has 0 bridgehead atoms. The SMILES string of the molecule is CCCCCCCC/C=C/CCCC(O)C(O)C(CO)NC(=O)C(O)CCCCCCCCCCCCCCCCCCCCCCCCCCCCCC. The summed E-state index contributed by atoms with van der Waals surface area (Å²) in [6.45, 7) is 4.03. The summed E-state index contributed by atoms with van der Waals surface area (Å²) in [6, 6.07) is -0.996. The summed E-state index contributed by atoms with van der Waals surface area (Å²) in [5.74, 6) is -0.590. The van der Waals surface area contributed by atoms with Gasteiger partial charge in [0.05, 0.1) is 18.8 Å². The van der Waals surface area contributed by atoms with Gasteiger partial charge in [-0.1, -0.05) is 238 Å². The summed E-state index contributed by atoms with van der Waals surface area (Å²) < 4.78 is 0. The average Bonchev–Trinajstić information content (AvgIpc) is 3.19. The van der Waals surface area contributed by atoms with Crippen molar-refractivity contribution in [2.24, 2.45) is 0 Å². The van der Waals surface area contributed by atoms with Crippen LogP contribution >= 0.6 is 0 Å². The molecule has 5 N–H and O–H groups in total. The highest BCUT2D eigenvalue weighted by atomic mass is 16.3. The van der Waals surface area contributed by atoms with Gasteiger partial charge in [0.25, 0.3) is 0 Å². The van der Waals surface area contributed by atoms with E-state index < -0.39 is 36.9 Å². The lowest BCUT2D eigenvalue weighted by Gasteiger charge is -2.27. The molecule has 4 atom stereocenters. The Morgan fingerprint density at radius 3 is 1.09 bits per heavy atom. The molecule has 0 aliphatic rings. The van der Waals surface area contributed by atoms with Gasteiger partial charge in [-0.05, 0) is 38.5 Å². The second-order valence-electron chi connectivity index (χ2n) is 17.2. The number of aliphatic hydroxyl groups is 4. The molecule has 6 heteroatoms. The second kappa shape index (κ2) is 44.2. The average molecular weight is 780 g/mol. The molecule has 0 aromatic carbocycles. The maximum Gasteiger partial charge on any atom is 0.249 e. The Balaban J connectivity index is 3.57. The third-order valence-electron chi connectivity index (χ3n) is 11.7. The number of nitrogens with one attached hydrogen (secondary N) is 1. The minimum absolute atomic E-state index is 0.368. The molecule has 55 heavy (non-hydrogen) atoms. The molecule has 4 unspecified atom stereocenters. The first kappa shape index (κ1) is 54.0. The van der Waals surface area contributed by atoms with Crippen LogP contribution in [0.15, 0.2) is 12.2 Å². The van der Waals surface area contributed by atoms with E-state index in [-0.39, 0.29) is 0 Å². The van der Waals surface area contributed by atoms with E-state index in [1.807, 2.05) is 0 Å². The van der Waals surface area contributed by atoms with Crippen molar-refractivity contribution in [1.82, 2.24) is 5.32 Å². The smallest absolute Gasteiger partial charge is 0.249 e. The molecule has 0 saturated heterocycles. The molecule has 0 heterocycles. The molecule has 0 aromatic heterocycles. The van der Waals surface area contributed by atoms with E-state index in [1.165, 1.54) is 199 Å². The number of rotatable bonds is 45. The number of hydrogen-bond donors (Lipinski definition) is 5. The Morgan fingerprint density at radius 1 is 0.436 bits per heavy atom. The van der Waals surface area contributed by atoms with Crippen LogP contribution in [0.1, 0.15) is 264 Å². The minimum atomic E-state index is -1.28. The van der Waals surface area contributed by atoms with Gasteiger partial charge in [-0.2, -0.15) is 0 Å². The maximum absolute atomic E-state index is 12.5. The van der Waals surface area contributed by atoms with E-state index in [0.717, 1.165) is 38.5 Å². The van der Waals surface area contributed by atoms with Crippen molar-refractivity contribution >= 4 is 5.91 Å². The summed E-state index contributed by atoms with van der Waals surface area (Å²) in [6.07, 6.45) is 49.9. The summed E-state index contributed by atoms with van der Waals surface area (Å²) in [7, 11) is 0. The van der Waals surface area contributed by atoms with Gasteiger partial charge in [0.15, 0.2) is 0 Å². The predicted molar refractivity (Wildman–Crippen MR) is 238 cm³/mol. The molecule has 0 fully saturated rings. The number of carbonyl (C=O) groups excluding carboxylic acids is 1. The van der Waals surface area contributed by atoms with Gasteiger partial charge in [-0.25, -0.2) is 0 Å². The van der Waals surface area contributed by atoms with E-state index in [1.54, 1.807) is 0 Å². The highest BCUT2D eigenvalue weighted by Crippen LogP contribution is 2.17. The second-order valence-corrected chi connectivity index (χ2v) is 17.2. The summed E-state index contributed by atoms with van der Waals surface area (Å²) >= 11 is 0. The van der Waals surface area contributed by atoms with Crippen LogP contribution in [0.2, 0.25) is 0 Å². The van der Waals surface area contributed by atoms with Crippen LogP contribution in [-0.2, 0) is 4.79 Å². The lowest BCUT2D eigenvalue weighted by Crippen LogP contribution is -2.53. The van der Waals surface area contributed by atoms with Crippen molar-refractivity contribution in [3.8, 4) is 0 Å². The zero-order valence-electron chi connectivity index (χ0n) is 36.9. The molecule has 0 spiro atoms. The zero-order chi connectivity index (χ0) is 40.3. The summed E-state index contributed by atoms with van der Waals surface area (Å²) in [4.78, 5) is 12.5. The molecule has 0 radical (unpaired) electrons. The first-order chi connectivity index (χ1) is 27.0. The third-order valence-corrected chi connectivity index (χ3v) is 11.7. The Kier molecular flexibility index (Phi) is 43.4. The highest BCUT2D eigenvalue weighted by molar-refractivity contribution is 5.80. The van der Waals surface area contributed by atoms with Crippen LogP contribution in [0.4, 0.5) is 0 Å². The van der Waals surface area contributed by atoms with E-state index in [2.05, 4.69) is 31.3 Å². The van der Waals surface area contributed by atoms with Crippen LogP contribution < -0.4 is 5.32 Å². The predicted octanol–water partition coefficient (Wildman–Crippen LogP) is 13.4. The van der Waals surface area contributed by atoms with Crippen molar-refractivity contribution in [3.05, 3.63) is 12.2 Å². The van der Waals surface area contributed by atoms with E-state index in [4.69, 9.17) is 0 Å². The topological polar surface area (TPSA) is 110 Å². The van der Waals surface area contributed by atoms with E-state index >= 15 is 0 Å². The van der Waals surface area contributed by atoms with Crippen molar-refractivity contribution in [2.75, 3.05) is 6.61 Å². The zero-order valence-corrected chi connectivity index (χ0v) is 36.9. The Morgan fingerprint density at radius 2 is 0.745 bits per heavy atom. The molecular formula is C49H97NO5. The third kappa shape index (κ3) is 38.3. The molecule has 0 aliphatic carbocycles. The number of aliphatic hydroxyl groups excluding tert-OH is 4. The first-order valence-corrected chi connectivity index (χ1v) is 24.6. The van der Waals surface area contributed by atoms with E-state index in [9.17, 15) is 25.2 Å². The molecule has 0 aromatic rings. The quantitative estimate of drug-likeness (QED) is 0.0312. The Bertz CT molecular complexity index is 791. The number of hydrogen-bond acceptors (Lipinski definition) is 5. The van der Waals surface area contributed by atoms with Crippen LogP contribution in [0.5, 0.6) is 0 Å². The Hall–Kier alpha value is -0.950. The normalized spacial score (nSPS) is 14.1. The largest absolute Gasteiger partial charge is 0.394 e. The van der Waals surface area contributed by atoms with Gasteiger partial charge in [-0.15, -0.1) is 0 Å². The number of allylic oxidation sites excluding steroid dienone is 2. The monoisotopic (exact) mass is 780 g/mol.